The van der Waals surface area contributed by atoms with Gasteiger partial charge in [-0.25, -0.2) is 9.59 Å². The van der Waals surface area contributed by atoms with E-state index in [4.69, 9.17) is 9.47 Å². The Morgan fingerprint density at radius 3 is 2.55 bits per heavy atom. The van der Waals surface area contributed by atoms with Crippen LogP contribution in [0.1, 0.15) is 31.7 Å². The van der Waals surface area contributed by atoms with E-state index in [0.717, 1.165) is 16.9 Å². The third-order valence-electron chi connectivity index (χ3n) is 5.06. The molecule has 0 radical (unpaired) electrons. The molecule has 1 aromatic rings. The summed E-state index contributed by atoms with van der Waals surface area (Å²) >= 11 is 0. The minimum atomic E-state index is -3.74. The van der Waals surface area contributed by atoms with Crippen molar-refractivity contribution in [3.8, 4) is 0 Å². The number of carbonyl (C=O) groups is 3. The van der Waals surface area contributed by atoms with Crippen LogP contribution in [0.5, 0.6) is 0 Å². The van der Waals surface area contributed by atoms with Crippen LogP contribution in [-0.4, -0.2) is 77.0 Å². The molecule has 2 rings (SSSR count). The number of esters is 1. The lowest BCUT2D eigenvalue weighted by molar-refractivity contribution is -0.150. The predicted octanol–water partition coefficient (Wildman–Crippen LogP) is 1.91. The number of hydrogen-bond donors (Lipinski definition) is 2. The van der Waals surface area contributed by atoms with Crippen LogP contribution in [0.3, 0.4) is 0 Å². The van der Waals surface area contributed by atoms with Crippen LogP contribution in [0.25, 0.3) is 0 Å². The SMILES string of the molecule is CCOC(=O)COC1C[C@@H](C(=O)O)N(C(=O)CP(=O)(O)CCCCc2ccccc2)C1. The second-order valence-electron chi connectivity index (χ2n) is 7.54. The Morgan fingerprint density at radius 1 is 1.19 bits per heavy atom. The van der Waals surface area contributed by atoms with Gasteiger partial charge in [-0.1, -0.05) is 30.3 Å². The molecule has 1 aromatic carbocycles. The maximum absolute atomic E-state index is 12.6. The standard InChI is InChI=1S/C21H30NO8P/c1-2-29-20(24)14-30-17-12-18(21(25)26)22(13-17)19(23)15-31(27,28)11-7-6-10-16-8-4-3-5-9-16/h3-5,8-9,17-18H,2,6-7,10-15H2,1H3,(H,25,26)(H,27,28)/t17?,18-/m0/s1. The second-order valence-corrected chi connectivity index (χ2v) is 10.0. The fourth-order valence-electron chi connectivity index (χ4n) is 3.53. The van der Waals surface area contributed by atoms with Crippen molar-refractivity contribution in [2.24, 2.45) is 0 Å². The zero-order chi connectivity index (χ0) is 22.9. The average Bonchev–Trinajstić information content (AvgIpc) is 3.15. The maximum Gasteiger partial charge on any atom is 0.332 e. The lowest BCUT2D eigenvalue weighted by Gasteiger charge is -2.22. The number of unbranched alkanes of at least 4 members (excludes halogenated alkanes) is 1. The van der Waals surface area contributed by atoms with Gasteiger partial charge in [0.2, 0.25) is 13.3 Å². The number of rotatable bonds is 12. The first kappa shape index (κ1) is 25.0. The second kappa shape index (κ2) is 12.0. The molecule has 3 atom stereocenters. The van der Waals surface area contributed by atoms with Gasteiger partial charge in [0.25, 0.3) is 0 Å². The van der Waals surface area contributed by atoms with Crippen molar-refractivity contribution < 1.29 is 38.4 Å². The van der Waals surface area contributed by atoms with Crippen LogP contribution in [0, 0.1) is 0 Å². The van der Waals surface area contributed by atoms with Gasteiger partial charge >= 0.3 is 11.9 Å². The summed E-state index contributed by atoms with van der Waals surface area (Å²) in [7, 11) is -3.74. The van der Waals surface area contributed by atoms with E-state index in [2.05, 4.69) is 0 Å². The Bertz CT molecular complexity index is 800. The molecule has 2 N–H and O–H groups in total. The number of aliphatic carboxylic acids is 1. The summed E-state index contributed by atoms with van der Waals surface area (Å²) in [5, 5.41) is 9.42. The monoisotopic (exact) mass is 455 g/mol. The van der Waals surface area contributed by atoms with E-state index in [9.17, 15) is 28.9 Å². The summed E-state index contributed by atoms with van der Waals surface area (Å²) in [6, 6.07) is 8.61. The number of carboxylic acid groups (broad SMARTS) is 1. The summed E-state index contributed by atoms with van der Waals surface area (Å²) in [6.07, 6.45) is 0.734. The largest absolute Gasteiger partial charge is 0.480 e. The molecule has 1 fully saturated rings. The third kappa shape index (κ3) is 8.44. The van der Waals surface area contributed by atoms with E-state index >= 15 is 0 Å². The molecule has 1 aliphatic rings. The molecular weight excluding hydrogens is 425 g/mol. The number of likely N-dealkylation sites (tertiary alicyclic amines) is 1. The lowest BCUT2D eigenvalue weighted by Crippen LogP contribution is -2.42. The van der Waals surface area contributed by atoms with Gasteiger partial charge in [-0.3, -0.25) is 9.36 Å². The minimum absolute atomic E-state index is 0.0000609. The number of nitrogens with zero attached hydrogens (tertiary/aromatic N) is 1. The van der Waals surface area contributed by atoms with Crippen molar-refractivity contribution in [2.45, 2.75) is 44.8 Å². The van der Waals surface area contributed by atoms with Gasteiger partial charge in [-0.2, -0.15) is 0 Å². The molecule has 0 aromatic heterocycles. The summed E-state index contributed by atoms with van der Waals surface area (Å²) < 4.78 is 22.6. The molecular formula is C21H30NO8P. The van der Waals surface area contributed by atoms with Crippen LogP contribution in [0.15, 0.2) is 30.3 Å². The zero-order valence-electron chi connectivity index (χ0n) is 17.6. The molecule has 0 aliphatic carbocycles. The van der Waals surface area contributed by atoms with Gasteiger partial charge in [0.1, 0.15) is 18.8 Å². The van der Waals surface area contributed by atoms with Gasteiger partial charge in [0.05, 0.1) is 12.7 Å². The van der Waals surface area contributed by atoms with Crippen LogP contribution >= 0.6 is 7.37 Å². The van der Waals surface area contributed by atoms with Gasteiger partial charge < -0.3 is 24.4 Å². The first-order valence-electron chi connectivity index (χ1n) is 10.4. The molecule has 1 amide bonds. The van der Waals surface area contributed by atoms with Gasteiger partial charge in [0, 0.05) is 19.1 Å². The van der Waals surface area contributed by atoms with E-state index in [-0.39, 0.29) is 32.3 Å². The third-order valence-corrected chi connectivity index (χ3v) is 6.84. The van der Waals surface area contributed by atoms with Gasteiger partial charge in [-0.15, -0.1) is 0 Å². The van der Waals surface area contributed by atoms with Crippen LogP contribution in [0.4, 0.5) is 0 Å². The van der Waals surface area contributed by atoms with Crippen LogP contribution in [-0.2, 0) is 34.8 Å². The summed E-state index contributed by atoms with van der Waals surface area (Å²) in [5.74, 6) is -2.48. The highest BCUT2D eigenvalue weighted by molar-refractivity contribution is 7.58. The summed E-state index contributed by atoms with van der Waals surface area (Å²) in [4.78, 5) is 46.9. The van der Waals surface area contributed by atoms with Gasteiger partial charge in [-0.05, 0) is 31.7 Å². The normalized spacial score (nSPS) is 20.3. The molecule has 0 saturated carbocycles. The highest BCUT2D eigenvalue weighted by atomic mass is 31.2. The summed E-state index contributed by atoms with van der Waals surface area (Å²) in [5.41, 5.74) is 1.14. The molecule has 9 nitrogen and oxygen atoms in total. The zero-order valence-corrected chi connectivity index (χ0v) is 18.5. The minimum Gasteiger partial charge on any atom is -0.480 e. The number of amides is 1. The highest BCUT2D eigenvalue weighted by Crippen LogP contribution is 2.42. The van der Waals surface area contributed by atoms with Crippen molar-refractivity contribution in [1.82, 2.24) is 4.90 Å². The number of hydrogen-bond acceptors (Lipinski definition) is 6. The lowest BCUT2D eigenvalue weighted by atomic mass is 10.1. The maximum atomic E-state index is 12.6. The Balaban J connectivity index is 1.83. The molecule has 2 unspecified atom stereocenters. The molecule has 0 bridgehead atoms. The van der Waals surface area contributed by atoms with Crippen LogP contribution < -0.4 is 0 Å². The predicted molar refractivity (Wildman–Crippen MR) is 113 cm³/mol. The van der Waals surface area contributed by atoms with Crippen molar-refractivity contribution >= 4 is 25.2 Å². The van der Waals surface area contributed by atoms with E-state index in [1.807, 2.05) is 30.3 Å². The molecule has 31 heavy (non-hydrogen) atoms. The van der Waals surface area contributed by atoms with E-state index < -0.39 is 43.5 Å². The highest BCUT2D eigenvalue weighted by Gasteiger charge is 2.41. The Hall–Kier alpha value is -2.22. The Labute approximate surface area is 181 Å². The van der Waals surface area contributed by atoms with Crippen LogP contribution in [0.2, 0.25) is 0 Å². The average molecular weight is 455 g/mol. The number of carbonyl (C=O) groups excluding carboxylic acids is 2. The van der Waals surface area contributed by atoms with E-state index in [0.29, 0.717) is 12.8 Å². The van der Waals surface area contributed by atoms with Gasteiger partial charge in [0.15, 0.2) is 0 Å². The molecule has 1 aliphatic heterocycles. The molecule has 10 heteroatoms. The Morgan fingerprint density at radius 2 is 1.90 bits per heavy atom. The fourth-order valence-corrected chi connectivity index (χ4v) is 5.01. The van der Waals surface area contributed by atoms with Crippen molar-refractivity contribution in [3.05, 3.63) is 35.9 Å². The smallest absolute Gasteiger partial charge is 0.332 e. The number of aryl methyl sites for hydroxylation is 1. The Kier molecular flexibility index (Phi) is 9.68. The molecule has 0 spiro atoms. The summed E-state index contributed by atoms with van der Waals surface area (Å²) in [6.45, 7) is 1.46. The number of ether oxygens (including phenoxy) is 2. The number of carboxylic acids is 1. The fraction of sp³-hybridized carbons (Fsp3) is 0.571. The van der Waals surface area contributed by atoms with E-state index in [1.54, 1.807) is 6.92 Å². The molecule has 172 valence electrons. The van der Waals surface area contributed by atoms with Crippen molar-refractivity contribution in [1.29, 1.82) is 0 Å². The molecule has 1 saturated heterocycles. The van der Waals surface area contributed by atoms with Crippen molar-refractivity contribution in [2.75, 3.05) is 32.1 Å². The van der Waals surface area contributed by atoms with Crippen molar-refractivity contribution in [3.63, 3.8) is 0 Å². The quantitative estimate of drug-likeness (QED) is 0.278. The topological polar surface area (TPSA) is 130 Å². The van der Waals surface area contributed by atoms with E-state index in [1.165, 1.54) is 0 Å². The molecule has 1 heterocycles. The first-order chi connectivity index (χ1) is 14.7. The number of benzene rings is 1. The first-order valence-corrected chi connectivity index (χ1v) is 12.4.